The van der Waals surface area contributed by atoms with Gasteiger partial charge in [0.1, 0.15) is 18.1 Å². The molecule has 0 aliphatic heterocycles. The maximum absolute atomic E-state index is 12.2. The molecule has 5 nitrogen and oxygen atoms in total. The van der Waals surface area contributed by atoms with Crippen LogP contribution in [-0.4, -0.2) is 25.0 Å². The van der Waals surface area contributed by atoms with Gasteiger partial charge in [0.25, 0.3) is 0 Å². The number of hydrogen-bond acceptors (Lipinski definition) is 5. The van der Waals surface area contributed by atoms with E-state index in [1.165, 1.54) is 0 Å². The van der Waals surface area contributed by atoms with Crippen molar-refractivity contribution < 1.29 is 23.8 Å². The van der Waals surface area contributed by atoms with Gasteiger partial charge in [0.2, 0.25) is 0 Å². The highest BCUT2D eigenvalue weighted by Crippen LogP contribution is 2.16. The van der Waals surface area contributed by atoms with E-state index in [1.807, 2.05) is 37.3 Å². The standard InChI is InChI=1S/C24H22O5/c1-2-27-21-12-8-19(9-13-21)23(25)17-29-24(26)20-10-14-22(15-11-20)28-16-18-6-4-3-5-7-18/h3-15H,2,16-17H2,1H3. The highest BCUT2D eigenvalue weighted by molar-refractivity contribution is 5.99. The van der Waals surface area contributed by atoms with Crippen LogP contribution >= 0.6 is 0 Å². The van der Waals surface area contributed by atoms with E-state index in [0.29, 0.717) is 35.8 Å². The molecule has 0 unspecified atom stereocenters. The van der Waals surface area contributed by atoms with Gasteiger partial charge in [-0.2, -0.15) is 0 Å². The fourth-order valence-corrected chi connectivity index (χ4v) is 2.63. The fraction of sp³-hybridized carbons (Fsp3) is 0.167. The summed E-state index contributed by atoms with van der Waals surface area (Å²) in [5.41, 5.74) is 1.88. The second-order valence-electron chi connectivity index (χ2n) is 6.26. The number of rotatable bonds is 9. The molecule has 0 aliphatic carbocycles. The summed E-state index contributed by atoms with van der Waals surface area (Å²) in [7, 11) is 0. The summed E-state index contributed by atoms with van der Waals surface area (Å²) in [4.78, 5) is 24.4. The lowest BCUT2D eigenvalue weighted by atomic mass is 10.1. The molecule has 0 radical (unpaired) electrons. The molecule has 3 aromatic carbocycles. The number of esters is 1. The van der Waals surface area contributed by atoms with Crippen molar-refractivity contribution >= 4 is 11.8 Å². The Kier molecular flexibility index (Phi) is 7.00. The molecule has 29 heavy (non-hydrogen) atoms. The minimum Gasteiger partial charge on any atom is -0.494 e. The molecule has 0 fully saturated rings. The predicted octanol–water partition coefficient (Wildman–Crippen LogP) is 4.70. The van der Waals surface area contributed by atoms with Crippen LogP contribution in [0.25, 0.3) is 0 Å². The van der Waals surface area contributed by atoms with Crippen LogP contribution in [0.5, 0.6) is 11.5 Å². The number of ether oxygens (including phenoxy) is 3. The van der Waals surface area contributed by atoms with Crippen LogP contribution in [0.2, 0.25) is 0 Å². The first-order valence-corrected chi connectivity index (χ1v) is 9.35. The zero-order valence-electron chi connectivity index (χ0n) is 16.2. The van der Waals surface area contributed by atoms with Gasteiger partial charge in [-0.25, -0.2) is 4.79 Å². The molecule has 5 heteroatoms. The fourth-order valence-electron chi connectivity index (χ4n) is 2.63. The number of hydrogen-bond donors (Lipinski definition) is 0. The monoisotopic (exact) mass is 390 g/mol. The van der Waals surface area contributed by atoms with Crippen LogP contribution in [0.15, 0.2) is 78.9 Å². The number of benzene rings is 3. The lowest BCUT2D eigenvalue weighted by Crippen LogP contribution is -2.14. The Hall–Kier alpha value is -3.60. The molecule has 0 atom stereocenters. The van der Waals surface area contributed by atoms with Crippen molar-refractivity contribution in [3.8, 4) is 11.5 Å². The van der Waals surface area contributed by atoms with Crippen LogP contribution in [0.3, 0.4) is 0 Å². The molecule has 0 saturated carbocycles. The lowest BCUT2D eigenvalue weighted by molar-refractivity contribution is 0.0474. The largest absolute Gasteiger partial charge is 0.494 e. The molecule has 0 aliphatic rings. The first kappa shape index (κ1) is 20.1. The summed E-state index contributed by atoms with van der Waals surface area (Å²) in [6, 6.07) is 23.2. The molecule has 3 rings (SSSR count). The van der Waals surface area contributed by atoms with E-state index >= 15 is 0 Å². The molecular formula is C24H22O5. The highest BCUT2D eigenvalue weighted by Gasteiger charge is 2.12. The molecule has 0 amide bonds. The molecule has 0 N–H and O–H groups in total. The molecule has 3 aromatic rings. The number of ketones is 1. The zero-order valence-corrected chi connectivity index (χ0v) is 16.2. The molecule has 0 bridgehead atoms. The van der Waals surface area contributed by atoms with Crippen molar-refractivity contribution in [3.63, 3.8) is 0 Å². The van der Waals surface area contributed by atoms with Gasteiger partial charge in [0.05, 0.1) is 12.2 Å². The molecule has 0 heterocycles. The molecule has 0 aromatic heterocycles. The van der Waals surface area contributed by atoms with E-state index in [-0.39, 0.29) is 12.4 Å². The maximum atomic E-state index is 12.2. The Morgan fingerprint density at radius 1 is 0.724 bits per heavy atom. The smallest absolute Gasteiger partial charge is 0.338 e. The molecule has 0 saturated heterocycles. The summed E-state index contributed by atoms with van der Waals surface area (Å²) in [6.07, 6.45) is 0. The average molecular weight is 390 g/mol. The first-order chi connectivity index (χ1) is 14.2. The van der Waals surface area contributed by atoms with Crippen LogP contribution in [0, 0.1) is 0 Å². The minimum absolute atomic E-state index is 0.274. The van der Waals surface area contributed by atoms with Crippen LogP contribution in [0.1, 0.15) is 33.2 Å². The van der Waals surface area contributed by atoms with Crippen LogP contribution in [0.4, 0.5) is 0 Å². The van der Waals surface area contributed by atoms with E-state index in [0.717, 1.165) is 5.56 Å². The van der Waals surface area contributed by atoms with Crippen LogP contribution in [-0.2, 0) is 11.3 Å². The minimum atomic E-state index is -0.557. The van der Waals surface area contributed by atoms with E-state index in [4.69, 9.17) is 14.2 Å². The zero-order chi connectivity index (χ0) is 20.5. The van der Waals surface area contributed by atoms with Crippen LogP contribution < -0.4 is 9.47 Å². The summed E-state index contributed by atoms with van der Waals surface area (Å²) in [5.74, 6) is 0.509. The third-order valence-corrected chi connectivity index (χ3v) is 4.16. The summed E-state index contributed by atoms with van der Waals surface area (Å²) < 4.78 is 16.2. The van der Waals surface area contributed by atoms with Gasteiger partial charge in [0.15, 0.2) is 12.4 Å². The molecule has 0 spiro atoms. The maximum Gasteiger partial charge on any atom is 0.338 e. The van der Waals surface area contributed by atoms with Crippen molar-refractivity contribution in [2.75, 3.05) is 13.2 Å². The van der Waals surface area contributed by atoms with E-state index < -0.39 is 5.97 Å². The lowest BCUT2D eigenvalue weighted by Gasteiger charge is -2.08. The summed E-state index contributed by atoms with van der Waals surface area (Å²) >= 11 is 0. The first-order valence-electron chi connectivity index (χ1n) is 9.35. The van der Waals surface area contributed by atoms with Gasteiger partial charge in [-0.05, 0) is 61.0 Å². The third kappa shape index (κ3) is 5.94. The highest BCUT2D eigenvalue weighted by atomic mass is 16.5. The Balaban J connectivity index is 1.49. The van der Waals surface area contributed by atoms with Gasteiger partial charge in [-0.1, -0.05) is 30.3 Å². The normalized spacial score (nSPS) is 10.2. The number of carbonyl (C=O) groups is 2. The van der Waals surface area contributed by atoms with Crippen molar-refractivity contribution in [3.05, 3.63) is 95.6 Å². The number of Topliss-reactive ketones (excluding diaryl/α,β-unsaturated/α-hetero) is 1. The van der Waals surface area contributed by atoms with Gasteiger partial charge < -0.3 is 14.2 Å². The molecular weight excluding hydrogens is 368 g/mol. The third-order valence-electron chi connectivity index (χ3n) is 4.16. The van der Waals surface area contributed by atoms with E-state index in [9.17, 15) is 9.59 Å². The van der Waals surface area contributed by atoms with Gasteiger partial charge in [0, 0.05) is 5.56 Å². The van der Waals surface area contributed by atoms with Gasteiger partial charge in [-0.3, -0.25) is 4.79 Å². The number of carbonyl (C=O) groups excluding carboxylic acids is 2. The molecule has 148 valence electrons. The second kappa shape index (κ2) is 10.1. The van der Waals surface area contributed by atoms with Crippen molar-refractivity contribution in [1.29, 1.82) is 0 Å². The Bertz CT molecular complexity index is 931. The van der Waals surface area contributed by atoms with E-state index in [2.05, 4.69) is 0 Å². The summed E-state index contributed by atoms with van der Waals surface area (Å²) in [5, 5.41) is 0. The Morgan fingerprint density at radius 3 is 1.93 bits per heavy atom. The van der Waals surface area contributed by atoms with Gasteiger partial charge in [-0.15, -0.1) is 0 Å². The van der Waals surface area contributed by atoms with Crippen molar-refractivity contribution in [1.82, 2.24) is 0 Å². The Labute approximate surface area is 169 Å². The topological polar surface area (TPSA) is 61.8 Å². The van der Waals surface area contributed by atoms with Crippen molar-refractivity contribution in [2.45, 2.75) is 13.5 Å². The van der Waals surface area contributed by atoms with E-state index in [1.54, 1.807) is 48.5 Å². The second-order valence-corrected chi connectivity index (χ2v) is 6.26. The summed E-state index contributed by atoms with van der Waals surface area (Å²) in [6.45, 7) is 2.57. The Morgan fingerprint density at radius 2 is 1.31 bits per heavy atom. The van der Waals surface area contributed by atoms with Gasteiger partial charge >= 0.3 is 5.97 Å². The predicted molar refractivity (Wildman–Crippen MR) is 109 cm³/mol. The average Bonchev–Trinajstić information content (AvgIpc) is 2.77. The van der Waals surface area contributed by atoms with Crippen molar-refractivity contribution in [2.24, 2.45) is 0 Å². The SMILES string of the molecule is CCOc1ccc(C(=O)COC(=O)c2ccc(OCc3ccccc3)cc2)cc1. The quantitative estimate of drug-likeness (QED) is 0.391.